The van der Waals surface area contributed by atoms with E-state index in [4.69, 9.17) is 0 Å². The molecule has 0 aliphatic heterocycles. The Bertz CT molecular complexity index is 153. The van der Waals surface area contributed by atoms with E-state index < -0.39 is 0 Å². The average molecular weight is 220 g/mol. The molecule has 0 aromatic carbocycles. The third kappa shape index (κ3) is 3.94. The van der Waals surface area contributed by atoms with Crippen molar-refractivity contribution in [2.75, 3.05) is 12.5 Å². The predicted octanol–water partition coefficient (Wildman–Crippen LogP) is 3.08. The van der Waals surface area contributed by atoms with Crippen molar-refractivity contribution in [3.63, 3.8) is 0 Å². The monoisotopic (exact) mass is 220 g/mol. The molecule has 0 bridgehead atoms. The van der Waals surface area contributed by atoms with E-state index in [1.165, 1.54) is 0 Å². The smallest absolute Gasteiger partial charge is 0.158 e. The Kier molecular flexibility index (Phi) is 6.96. The summed E-state index contributed by atoms with van der Waals surface area (Å²) in [5.74, 6) is 0.862. The van der Waals surface area contributed by atoms with Crippen molar-refractivity contribution in [2.45, 2.75) is 37.7 Å². The molecule has 0 aliphatic rings. The molecular weight excluding hydrogens is 200 g/mol. The van der Waals surface area contributed by atoms with Gasteiger partial charge in [0, 0.05) is 0 Å². The molecule has 0 aliphatic carbocycles. The fourth-order valence-electron chi connectivity index (χ4n) is 1.38. The largest absolute Gasteiger partial charge is 0.297 e. The molecule has 3 heteroatoms. The Labute approximate surface area is 90.4 Å². The van der Waals surface area contributed by atoms with Gasteiger partial charge in [-0.25, -0.2) is 0 Å². The van der Waals surface area contributed by atoms with E-state index in [-0.39, 0.29) is 10.5 Å². The molecule has 0 amide bonds. The van der Waals surface area contributed by atoms with E-state index in [1.54, 1.807) is 23.5 Å². The minimum absolute atomic E-state index is 0.178. The highest BCUT2D eigenvalue weighted by Crippen LogP contribution is 2.24. The summed E-state index contributed by atoms with van der Waals surface area (Å²) in [5.41, 5.74) is 0. The maximum absolute atomic E-state index is 11.9. The molecule has 0 aromatic heterocycles. The van der Waals surface area contributed by atoms with Gasteiger partial charge in [0.2, 0.25) is 0 Å². The van der Waals surface area contributed by atoms with E-state index in [2.05, 4.69) is 20.8 Å². The predicted molar refractivity (Wildman–Crippen MR) is 64.7 cm³/mol. The second kappa shape index (κ2) is 6.77. The molecule has 2 atom stereocenters. The van der Waals surface area contributed by atoms with Gasteiger partial charge in [0.1, 0.15) is 0 Å². The summed E-state index contributed by atoms with van der Waals surface area (Å²) in [7, 11) is 0. The Balaban J connectivity index is 4.34. The van der Waals surface area contributed by atoms with Crippen molar-refractivity contribution in [1.82, 2.24) is 0 Å². The normalized spacial score (nSPS) is 15.8. The zero-order chi connectivity index (χ0) is 10.4. The second-order valence-corrected chi connectivity index (χ2v) is 5.45. The van der Waals surface area contributed by atoms with Gasteiger partial charge in [0.15, 0.2) is 5.78 Å². The third-order valence-corrected chi connectivity index (χ3v) is 4.53. The number of carbonyl (C=O) groups excluding carboxylic acids is 1. The Morgan fingerprint density at radius 1 is 1.23 bits per heavy atom. The fourth-order valence-corrected chi connectivity index (χ4v) is 3.12. The van der Waals surface area contributed by atoms with Crippen LogP contribution >= 0.6 is 23.5 Å². The molecule has 0 saturated carbocycles. The van der Waals surface area contributed by atoms with Crippen LogP contribution in [-0.2, 0) is 4.79 Å². The molecule has 0 heterocycles. The van der Waals surface area contributed by atoms with Gasteiger partial charge in [0.05, 0.1) is 10.5 Å². The molecule has 13 heavy (non-hydrogen) atoms. The molecule has 0 fully saturated rings. The molecule has 1 nitrogen and oxygen atoms in total. The standard InChI is InChI=1S/C10H20OS2/c1-6-8(12-4)9(11)10(13-5)7(2)3/h7-8,10H,6H2,1-5H3. The lowest BCUT2D eigenvalue weighted by atomic mass is 10.0. The summed E-state index contributed by atoms with van der Waals surface area (Å²) in [4.78, 5) is 11.9. The lowest BCUT2D eigenvalue weighted by molar-refractivity contribution is -0.118. The first-order valence-electron chi connectivity index (χ1n) is 4.67. The Hall–Kier alpha value is 0.370. The molecule has 0 rings (SSSR count). The van der Waals surface area contributed by atoms with Crippen molar-refractivity contribution in [2.24, 2.45) is 5.92 Å². The van der Waals surface area contributed by atoms with Gasteiger partial charge >= 0.3 is 0 Å². The first-order chi connectivity index (χ1) is 6.08. The van der Waals surface area contributed by atoms with E-state index in [1.807, 2.05) is 12.5 Å². The van der Waals surface area contributed by atoms with Crippen LogP contribution in [0.25, 0.3) is 0 Å². The van der Waals surface area contributed by atoms with Crippen LogP contribution in [0.5, 0.6) is 0 Å². The van der Waals surface area contributed by atoms with Crippen LogP contribution in [0.15, 0.2) is 0 Å². The third-order valence-electron chi connectivity index (χ3n) is 2.11. The SMILES string of the molecule is CCC(SC)C(=O)C(SC)C(C)C. The number of thioether (sulfide) groups is 2. The molecular formula is C10H20OS2. The lowest BCUT2D eigenvalue weighted by Crippen LogP contribution is -2.31. The van der Waals surface area contributed by atoms with E-state index >= 15 is 0 Å². The summed E-state index contributed by atoms with van der Waals surface area (Å²) in [6, 6.07) is 0. The van der Waals surface area contributed by atoms with Gasteiger partial charge < -0.3 is 0 Å². The minimum atomic E-state index is 0.178. The van der Waals surface area contributed by atoms with Crippen LogP contribution in [-0.4, -0.2) is 28.8 Å². The summed E-state index contributed by atoms with van der Waals surface area (Å²) in [6.45, 7) is 6.31. The van der Waals surface area contributed by atoms with Gasteiger partial charge in [-0.3, -0.25) is 4.79 Å². The maximum atomic E-state index is 11.9. The minimum Gasteiger partial charge on any atom is -0.297 e. The van der Waals surface area contributed by atoms with Gasteiger partial charge in [-0.1, -0.05) is 20.8 Å². The van der Waals surface area contributed by atoms with Crippen LogP contribution in [0.3, 0.4) is 0 Å². The average Bonchev–Trinajstić information content (AvgIpc) is 2.07. The molecule has 78 valence electrons. The van der Waals surface area contributed by atoms with Gasteiger partial charge in [-0.2, -0.15) is 23.5 Å². The molecule has 0 spiro atoms. The number of hydrogen-bond acceptors (Lipinski definition) is 3. The molecule has 2 unspecified atom stereocenters. The van der Waals surface area contributed by atoms with Crippen molar-refractivity contribution >= 4 is 29.3 Å². The van der Waals surface area contributed by atoms with E-state index in [0.29, 0.717) is 11.7 Å². The number of carbonyl (C=O) groups is 1. The van der Waals surface area contributed by atoms with Crippen LogP contribution in [0.4, 0.5) is 0 Å². The quantitative estimate of drug-likeness (QED) is 0.685. The lowest BCUT2D eigenvalue weighted by Gasteiger charge is -2.21. The number of Topliss-reactive ketones (excluding diaryl/α,β-unsaturated/α-hetero) is 1. The zero-order valence-corrected chi connectivity index (χ0v) is 10.8. The second-order valence-electron chi connectivity index (χ2n) is 3.44. The van der Waals surface area contributed by atoms with Gasteiger partial charge in [-0.05, 0) is 24.9 Å². The molecule has 0 N–H and O–H groups in total. The highest BCUT2D eigenvalue weighted by atomic mass is 32.2. The van der Waals surface area contributed by atoms with Crippen molar-refractivity contribution in [1.29, 1.82) is 0 Å². The van der Waals surface area contributed by atoms with Crippen LogP contribution < -0.4 is 0 Å². The molecule has 0 radical (unpaired) electrons. The topological polar surface area (TPSA) is 17.1 Å². The van der Waals surface area contributed by atoms with E-state index in [0.717, 1.165) is 6.42 Å². The van der Waals surface area contributed by atoms with Crippen LogP contribution in [0.2, 0.25) is 0 Å². The summed E-state index contributed by atoms with van der Waals surface area (Å²) < 4.78 is 0. The van der Waals surface area contributed by atoms with Crippen LogP contribution in [0.1, 0.15) is 27.2 Å². The molecule has 0 saturated heterocycles. The van der Waals surface area contributed by atoms with Gasteiger partial charge in [-0.15, -0.1) is 0 Å². The zero-order valence-electron chi connectivity index (χ0n) is 9.16. The molecule has 0 aromatic rings. The van der Waals surface area contributed by atoms with Crippen molar-refractivity contribution in [3.05, 3.63) is 0 Å². The number of hydrogen-bond donors (Lipinski definition) is 0. The number of ketones is 1. The number of rotatable bonds is 6. The highest BCUT2D eigenvalue weighted by molar-refractivity contribution is 8.01. The van der Waals surface area contributed by atoms with Crippen molar-refractivity contribution in [3.8, 4) is 0 Å². The maximum Gasteiger partial charge on any atom is 0.158 e. The summed E-state index contributed by atoms with van der Waals surface area (Å²) >= 11 is 3.36. The Morgan fingerprint density at radius 3 is 2.00 bits per heavy atom. The Morgan fingerprint density at radius 2 is 1.77 bits per heavy atom. The first-order valence-corrected chi connectivity index (χ1v) is 7.25. The van der Waals surface area contributed by atoms with Crippen LogP contribution in [0, 0.1) is 5.92 Å². The highest BCUT2D eigenvalue weighted by Gasteiger charge is 2.26. The van der Waals surface area contributed by atoms with Gasteiger partial charge in [0.25, 0.3) is 0 Å². The van der Waals surface area contributed by atoms with E-state index in [9.17, 15) is 4.79 Å². The summed E-state index contributed by atoms with van der Waals surface area (Å²) in [6.07, 6.45) is 4.99. The first kappa shape index (κ1) is 13.4. The fraction of sp³-hybridized carbons (Fsp3) is 0.900. The summed E-state index contributed by atoms with van der Waals surface area (Å²) in [5, 5.41) is 0.372. The van der Waals surface area contributed by atoms with Crippen molar-refractivity contribution < 1.29 is 4.79 Å².